The summed E-state index contributed by atoms with van der Waals surface area (Å²) in [5.41, 5.74) is 1.42. The lowest BCUT2D eigenvalue weighted by Gasteiger charge is -2.17. The second-order valence-electron chi connectivity index (χ2n) is 8.87. The Bertz CT molecular complexity index is 1200. The van der Waals surface area contributed by atoms with Gasteiger partial charge in [0.2, 0.25) is 11.8 Å². The van der Waals surface area contributed by atoms with Crippen LogP contribution in [-0.2, 0) is 39.4 Å². The summed E-state index contributed by atoms with van der Waals surface area (Å²) < 4.78 is 11.5. The number of amides is 2. The van der Waals surface area contributed by atoms with Crippen LogP contribution >= 0.6 is 0 Å². The third-order valence-corrected chi connectivity index (χ3v) is 5.90. The van der Waals surface area contributed by atoms with E-state index in [4.69, 9.17) is 4.74 Å². The molecule has 0 aliphatic carbocycles. The first-order valence-corrected chi connectivity index (χ1v) is 12.8. The number of esters is 1. The van der Waals surface area contributed by atoms with E-state index in [1.807, 2.05) is 0 Å². The largest absolute Gasteiger partial charge is 0.484 e. The van der Waals surface area contributed by atoms with Crippen molar-refractivity contribution in [2.45, 2.75) is 51.9 Å². The fraction of sp³-hybridized carbons (Fsp3) is 0.462. The van der Waals surface area contributed by atoms with Crippen LogP contribution in [-0.4, -0.2) is 63.6 Å². The number of aromatic nitrogens is 2. The summed E-state index contributed by atoms with van der Waals surface area (Å²) in [5.74, 6) is -1.20. The number of ether oxygens (including phenoxy) is 2. The smallest absolute Gasteiger partial charge is 0.434 e. The molecule has 0 saturated heterocycles. The maximum atomic E-state index is 12.8. The highest BCUT2D eigenvalue weighted by Crippen LogP contribution is 2.27. The van der Waals surface area contributed by atoms with E-state index in [1.54, 1.807) is 25.1 Å². The number of carbonyl (C=O) groups is 3. The first-order valence-electron chi connectivity index (χ1n) is 12.8. The number of hydrogen-bond acceptors (Lipinski definition) is 10. The number of nitrogens with zero attached hydrogens (tertiary/aromatic N) is 3. The molecule has 2 amide bonds. The van der Waals surface area contributed by atoms with Crippen molar-refractivity contribution < 1.29 is 33.9 Å². The number of carbonyl (C=O) groups excluding carboxylic acids is 3. The van der Waals surface area contributed by atoms with Crippen molar-refractivity contribution in [1.29, 1.82) is 0 Å². The highest BCUT2D eigenvalue weighted by atomic mass is 16.6. The predicted octanol–water partition coefficient (Wildman–Crippen LogP) is 1.72. The van der Waals surface area contributed by atoms with Crippen LogP contribution in [0.5, 0.6) is 5.75 Å². The van der Waals surface area contributed by atoms with Crippen LogP contribution in [0.15, 0.2) is 36.5 Å². The van der Waals surface area contributed by atoms with Gasteiger partial charge in [0.15, 0.2) is 5.69 Å². The minimum absolute atomic E-state index is 0.0135. The van der Waals surface area contributed by atoms with Crippen LogP contribution in [0.25, 0.3) is 0 Å². The minimum Gasteiger partial charge on any atom is -0.484 e. The number of nitro groups is 1. The van der Waals surface area contributed by atoms with Crippen molar-refractivity contribution in [3.05, 3.63) is 57.9 Å². The van der Waals surface area contributed by atoms with Gasteiger partial charge in [0.1, 0.15) is 18.6 Å². The Morgan fingerprint density at radius 2 is 1.90 bits per heavy atom. The quantitative estimate of drug-likeness (QED) is 0.0729. The molecule has 14 heteroatoms. The number of anilines is 1. The molecule has 40 heavy (non-hydrogen) atoms. The molecule has 1 aromatic heterocycles. The van der Waals surface area contributed by atoms with Crippen molar-refractivity contribution >= 4 is 29.4 Å². The number of rotatable bonds is 17. The number of nitrogens with one attached hydrogen (secondary N) is 3. The van der Waals surface area contributed by atoms with Gasteiger partial charge in [0, 0.05) is 18.7 Å². The Morgan fingerprint density at radius 3 is 2.55 bits per heavy atom. The van der Waals surface area contributed by atoms with Crippen molar-refractivity contribution in [2.75, 3.05) is 25.5 Å². The van der Waals surface area contributed by atoms with Gasteiger partial charge in [0.25, 0.3) is 0 Å². The molecule has 0 unspecified atom stereocenters. The average molecular weight is 561 g/mol. The molecular weight excluding hydrogens is 524 g/mol. The van der Waals surface area contributed by atoms with E-state index in [9.17, 15) is 29.6 Å². The Morgan fingerprint density at radius 1 is 1.18 bits per heavy atom. The fourth-order valence-corrected chi connectivity index (χ4v) is 3.53. The van der Waals surface area contributed by atoms with E-state index >= 15 is 0 Å². The molecule has 0 aliphatic rings. The fourth-order valence-electron chi connectivity index (χ4n) is 3.53. The highest BCUT2D eigenvalue weighted by molar-refractivity contribution is 5.96. The number of imidazole rings is 1. The number of methoxy groups -OCH3 is 1. The molecule has 218 valence electrons. The van der Waals surface area contributed by atoms with Crippen molar-refractivity contribution in [1.82, 2.24) is 20.2 Å². The maximum Gasteiger partial charge on any atom is 0.434 e. The van der Waals surface area contributed by atoms with Crippen LogP contribution in [0, 0.1) is 10.1 Å². The van der Waals surface area contributed by atoms with Crippen LogP contribution in [0.3, 0.4) is 0 Å². The van der Waals surface area contributed by atoms with Gasteiger partial charge in [-0.15, -0.1) is 0 Å². The zero-order chi connectivity index (χ0) is 29.5. The van der Waals surface area contributed by atoms with Gasteiger partial charge < -0.3 is 40.6 Å². The summed E-state index contributed by atoms with van der Waals surface area (Å²) in [6, 6.07) is 4.37. The summed E-state index contributed by atoms with van der Waals surface area (Å²) >= 11 is 0. The first-order chi connectivity index (χ1) is 19.2. The van der Waals surface area contributed by atoms with E-state index in [0.717, 1.165) is 37.8 Å². The number of unbranched alkanes of at least 4 members (excludes halogenated alkanes) is 3. The van der Waals surface area contributed by atoms with Gasteiger partial charge in [-0.3, -0.25) is 9.59 Å². The Labute approximate surface area is 231 Å². The number of aliphatic hydroxyl groups excluding tert-OH is 1. The molecule has 14 nitrogen and oxygen atoms in total. The molecule has 2 aromatic rings. The Kier molecular flexibility index (Phi) is 13.3. The summed E-state index contributed by atoms with van der Waals surface area (Å²) in [7, 11) is 2.75. The SMILES string of the molecule is COC(=O)C=CC(=O)NCCCCCCN[C@@H](C)C(=O)Nc1cc(CO)ccc1OCc1cnc([N+](=O)[O-])n1C. The van der Waals surface area contributed by atoms with E-state index < -0.39 is 16.9 Å². The topological polar surface area (TPSA) is 187 Å². The molecule has 1 atom stereocenters. The molecular formula is C26H36N6O8. The average Bonchev–Trinajstić information content (AvgIpc) is 3.32. The molecule has 1 aromatic carbocycles. The van der Waals surface area contributed by atoms with Crippen molar-refractivity contribution in [3.8, 4) is 5.75 Å². The van der Waals surface area contributed by atoms with Crippen molar-refractivity contribution in [2.24, 2.45) is 7.05 Å². The van der Waals surface area contributed by atoms with Gasteiger partial charge in [-0.1, -0.05) is 23.9 Å². The molecule has 0 fully saturated rings. The minimum atomic E-state index is -0.589. The third-order valence-electron chi connectivity index (χ3n) is 5.90. The predicted molar refractivity (Wildman–Crippen MR) is 145 cm³/mol. The van der Waals surface area contributed by atoms with Crippen LogP contribution in [0.2, 0.25) is 0 Å². The second kappa shape index (κ2) is 16.6. The number of hydrogen-bond donors (Lipinski definition) is 4. The Balaban J connectivity index is 1.76. The molecule has 0 saturated carbocycles. The standard InChI is InChI=1S/C26H36N6O8/c1-18(27-12-6-4-5-7-13-28-23(34)10-11-24(35)39-3)25(36)30-21-14-19(16-33)8-9-22(21)40-17-20-15-29-26(31(20)2)32(37)38/h8-11,14-15,18,27,33H,4-7,12-13,16-17H2,1-3H3,(H,28,34)(H,30,36)/t18-/m0/s1. The van der Waals surface area contributed by atoms with E-state index in [1.165, 1.54) is 24.9 Å². The summed E-state index contributed by atoms with van der Waals surface area (Å²) in [4.78, 5) is 49.5. The zero-order valence-corrected chi connectivity index (χ0v) is 22.8. The van der Waals surface area contributed by atoms with Crippen molar-refractivity contribution in [3.63, 3.8) is 0 Å². The first kappa shape index (κ1) is 31.9. The molecule has 2 rings (SSSR count). The summed E-state index contributed by atoms with van der Waals surface area (Å²) in [5, 5.41) is 29.2. The molecule has 0 bridgehead atoms. The third kappa shape index (κ3) is 10.5. The normalized spacial score (nSPS) is 11.7. The van der Waals surface area contributed by atoms with Crippen LogP contribution < -0.4 is 20.7 Å². The molecule has 1 heterocycles. The summed E-state index contributed by atoms with van der Waals surface area (Å²) in [6.45, 7) is 2.60. The molecule has 0 aliphatic heterocycles. The van der Waals surface area contributed by atoms with Gasteiger partial charge in [-0.2, -0.15) is 0 Å². The molecule has 0 spiro atoms. The highest BCUT2D eigenvalue weighted by Gasteiger charge is 2.19. The summed E-state index contributed by atoms with van der Waals surface area (Å²) in [6.07, 6.45) is 6.95. The van der Waals surface area contributed by atoms with Gasteiger partial charge in [-0.25, -0.2) is 9.36 Å². The van der Waals surface area contributed by atoms with Gasteiger partial charge in [-0.05, 0) is 48.9 Å². The Hall–Kier alpha value is -4.30. The lowest BCUT2D eigenvalue weighted by Crippen LogP contribution is -2.38. The lowest BCUT2D eigenvalue weighted by molar-refractivity contribution is -0.396. The van der Waals surface area contributed by atoms with E-state index in [-0.39, 0.29) is 31.0 Å². The van der Waals surface area contributed by atoms with E-state index in [0.29, 0.717) is 35.8 Å². The number of aliphatic hydroxyl groups is 1. The van der Waals surface area contributed by atoms with Crippen LogP contribution in [0.4, 0.5) is 11.6 Å². The lowest BCUT2D eigenvalue weighted by atomic mass is 10.1. The molecule has 0 radical (unpaired) electrons. The van der Waals surface area contributed by atoms with E-state index in [2.05, 4.69) is 25.7 Å². The molecule has 4 N–H and O–H groups in total. The zero-order valence-electron chi connectivity index (χ0n) is 22.8. The van der Waals surface area contributed by atoms with Gasteiger partial charge in [0.05, 0.1) is 32.5 Å². The maximum absolute atomic E-state index is 12.8. The number of benzene rings is 1. The van der Waals surface area contributed by atoms with Gasteiger partial charge >= 0.3 is 11.9 Å². The second-order valence-corrected chi connectivity index (χ2v) is 8.87. The van der Waals surface area contributed by atoms with Crippen LogP contribution in [0.1, 0.15) is 43.9 Å². The monoisotopic (exact) mass is 560 g/mol.